The number of hydrogen-bond acceptors (Lipinski definition) is 4. The SMILES string of the molecule is CCC(C)NC(=O)C(Cc1ccccc1)N(Cc1ccccc1F)C(=O)CN(c1ccc(Cl)c(C(F)(F)F)c1)S(=O)(=O)c1ccc(C)cc1. The van der Waals surface area contributed by atoms with Gasteiger partial charge in [0, 0.05) is 24.6 Å². The first kappa shape index (κ1) is 37.4. The Morgan fingerprint density at radius 1 is 0.918 bits per heavy atom. The smallest absolute Gasteiger partial charge is 0.352 e. The molecule has 0 fully saturated rings. The number of hydrogen-bond donors (Lipinski definition) is 1. The number of sulfonamides is 1. The maximum atomic E-state index is 15.1. The summed E-state index contributed by atoms with van der Waals surface area (Å²) in [6.07, 6.45) is -4.40. The molecule has 0 saturated carbocycles. The van der Waals surface area contributed by atoms with Crippen LogP contribution in [-0.2, 0) is 38.8 Å². The summed E-state index contributed by atoms with van der Waals surface area (Å²) in [5.74, 6) is -2.19. The van der Waals surface area contributed by atoms with Crippen molar-refractivity contribution in [3.8, 4) is 0 Å². The van der Waals surface area contributed by atoms with Gasteiger partial charge in [-0.15, -0.1) is 0 Å². The van der Waals surface area contributed by atoms with Crippen molar-refractivity contribution in [2.24, 2.45) is 0 Å². The molecule has 2 atom stereocenters. The van der Waals surface area contributed by atoms with Gasteiger partial charge in [0.2, 0.25) is 11.8 Å². The first-order valence-electron chi connectivity index (χ1n) is 15.4. The van der Waals surface area contributed by atoms with Crippen molar-refractivity contribution in [2.45, 2.75) is 63.3 Å². The molecule has 2 unspecified atom stereocenters. The second-order valence-electron chi connectivity index (χ2n) is 11.6. The molecule has 4 aromatic rings. The van der Waals surface area contributed by atoms with Crippen LogP contribution >= 0.6 is 11.6 Å². The maximum Gasteiger partial charge on any atom is 0.417 e. The third kappa shape index (κ3) is 9.39. The molecule has 4 aromatic carbocycles. The lowest BCUT2D eigenvalue weighted by atomic mass is 10.0. The Balaban J connectivity index is 1.88. The molecule has 0 heterocycles. The molecule has 260 valence electrons. The number of halogens is 5. The molecule has 13 heteroatoms. The van der Waals surface area contributed by atoms with E-state index in [0.29, 0.717) is 22.4 Å². The largest absolute Gasteiger partial charge is 0.417 e. The topological polar surface area (TPSA) is 86.8 Å². The lowest BCUT2D eigenvalue weighted by Gasteiger charge is -2.34. The molecule has 49 heavy (non-hydrogen) atoms. The number of carbonyl (C=O) groups excluding carboxylic acids is 2. The standard InChI is InChI=1S/C36H36ClF4N3O4S/c1-4-25(3)42-35(46)33(20-26-10-6-5-7-11-26)43(22-27-12-8-9-13-32(27)38)34(45)23-44(49(47,48)29-17-14-24(2)15-18-29)28-16-19-31(37)30(21-28)36(39,40)41/h5-19,21,25,33H,4,20,22-23H2,1-3H3,(H,42,46). The minimum Gasteiger partial charge on any atom is -0.352 e. The van der Waals surface area contributed by atoms with Crippen LogP contribution in [0.3, 0.4) is 0 Å². The summed E-state index contributed by atoms with van der Waals surface area (Å²) in [5, 5.41) is 2.20. The Morgan fingerprint density at radius 3 is 2.16 bits per heavy atom. The van der Waals surface area contributed by atoms with Crippen LogP contribution in [0.15, 0.2) is 102 Å². The Hall–Kier alpha value is -4.42. The summed E-state index contributed by atoms with van der Waals surface area (Å²) in [5.41, 5.74) is -0.361. The maximum absolute atomic E-state index is 15.1. The Bertz CT molecular complexity index is 1870. The van der Waals surface area contributed by atoms with Crippen molar-refractivity contribution in [1.82, 2.24) is 10.2 Å². The summed E-state index contributed by atoms with van der Waals surface area (Å²) in [6.45, 7) is 3.89. The van der Waals surface area contributed by atoms with Gasteiger partial charge in [-0.1, -0.05) is 84.8 Å². The highest BCUT2D eigenvalue weighted by Crippen LogP contribution is 2.38. The van der Waals surface area contributed by atoms with Crippen LogP contribution < -0.4 is 9.62 Å². The number of benzene rings is 4. The molecule has 4 rings (SSSR count). The lowest BCUT2D eigenvalue weighted by molar-refractivity contribution is -0.140. The normalized spacial score (nSPS) is 13.0. The van der Waals surface area contributed by atoms with Crippen LogP contribution in [0.5, 0.6) is 0 Å². The molecule has 0 aliphatic carbocycles. The fourth-order valence-electron chi connectivity index (χ4n) is 5.06. The van der Waals surface area contributed by atoms with Gasteiger partial charge in [0.05, 0.1) is 21.2 Å². The van der Waals surface area contributed by atoms with Crippen LogP contribution in [0, 0.1) is 12.7 Å². The number of rotatable bonds is 13. The Morgan fingerprint density at radius 2 is 1.55 bits per heavy atom. The first-order valence-corrected chi connectivity index (χ1v) is 17.3. The lowest BCUT2D eigenvalue weighted by Crippen LogP contribution is -2.54. The van der Waals surface area contributed by atoms with Gasteiger partial charge in [0.25, 0.3) is 10.0 Å². The third-order valence-corrected chi connectivity index (χ3v) is 10.1. The number of nitrogens with zero attached hydrogens (tertiary/aromatic N) is 2. The summed E-state index contributed by atoms with van der Waals surface area (Å²) >= 11 is 5.86. The van der Waals surface area contributed by atoms with Crippen molar-refractivity contribution in [1.29, 1.82) is 0 Å². The van der Waals surface area contributed by atoms with Gasteiger partial charge in [-0.2, -0.15) is 13.2 Å². The third-order valence-electron chi connectivity index (χ3n) is 8.00. The molecule has 7 nitrogen and oxygen atoms in total. The van der Waals surface area contributed by atoms with E-state index in [2.05, 4.69) is 5.32 Å². The zero-order chi connectivity index (χ0) is 35.9. The highest BCUT2D eigenvalue weighted by atomic mass is 35.5. The molecular weight excluding hydrogens is 682 g/mol. The molecule has 0 aliphatic rings. The highest BCUT2D eigenvalue weighted by molar-refractivity contribution is 7.92. The first-order chi connectivity index (χ1) is 23.1. The van der Waals surface area contributed by atoms with Gasteiger partial charge in [0.15, 0.2) is 0 Å². The molecule has 0 bridgehead atoms. The monoisotopic (exact) mass is 717 g/mol. The fourth-order valence-corrected chi connectivity index (χ4v) is 6.69. The van der Waals surface area contributed by atoms with Crippen molar-refractivity contribution in [2.75, 3.05) is 10.8 Å². The van der Waals surface area contributed by atoms with Gasteiger partial charge < -0.3 is 10.2 Å². The minimum atomic E-state index is -4.94. The van der Waals surface area contributed by atoms with Crippen molar-refractivity contribution >= 4 is 39.1 Å². The molecule has 0 aromatic heterocycles. The van der Waals surface area contributed by atoms with E-state index < -0.39 is 69.2 Å². The van der Waals surface area contributed by atoms with Crippen LogP contribution in [-0.4, -0.2) is 43.8 Å². The van der Waals surface area contributed by atoms with Gasteiger partial charge in [-0.25, -0.2) is 12.8 Å². The van der Waals surface area contributed by atoms with E-state index in [1.165, 1.54) is 42.5 Å². The number of amides is 2. The average Bonchev–Trinajstić information content (AvgIpc) is 3.06. The van der Waals surface area contributed by atoms with E-state index in [9.17, 15) is 31.2 Å². The number of nitrogens with one attached hydrogen (secondary N) is 1. The molecule has 0 saturated heterocycles. The quantitative estimate of drug-likeness (QED) is 0.145. The number of carbonyl (C=O) groups is 2. The predicted octanol–water partition coefficient (Wildman–Crippen LogP) is 7.56. The van der Waals surface area contributed by atoms with E-state index in [-0.39, 0.29) is 22.9 Å². The van der Waals surface area contributed by atoms with E-state index in [0.717, 1.165) is 22.6 Å². The van der Waals surface area contributed by atoms with Gasteiger partial charge in [-0.05, 0) is 62.2 Å². The summed E-state index contributed by atoms with van der Waals surface area (Å²) in [4.78, 5) is 29.1. The Kier molecular flexibility index (Phi) is 12.1. The second-order valence-corrected chi connectivity index (χ2v) is 13.9. The van der Waals surface area contributed by atoms with Gasteiger partial charge in [0.1, 0.15) is 18.4 Å². The summed E-state index contributed by atoms with van der Waals surface area (Å²) < 4.78 is 85.8. The van der Waals surface area contributed by atoms with Crippen molar-refractivity contribution < 1.29 is 35.6 Å². The fraction of sp³-hybridized carbons (Fsp3) is 0.278. The molecule has 1 N–H and O–H groups in total. The molecule has 0 radical (unpaired) electrons. The van der Waals surface area contributed by atoms with Gasteiger partial charge in [-0.3, -0.25) is 13.9 Å². The van der Waals surface area contributed by atoms with Crippen LogP contribution in [0.4, 0.5) is 23.2 Å². The predicted molar refractivity (Wildman–Crippen MR) is 181 cm³/mol. The second kappa shape index (κ2) is 15.9. The summed E-state index contributed by atoms with van der Waals surface area (Å²) in [7, 11) is -4.68. The van der Waals surface area contributed by atoms with Crippen molar-refractivity contribution in [3.05, 3.63) is 130 Å². The van der Waals surface area contributed by atoms with Crippen LogP contribution in [0.2, 0.25) is 5.02 Å². The zero-order valence-electron chi connectivity index (χ0n) is 27.0. The van der Waals surface area contributed by atoms with Crippen molar-refractivity contribution in [3.63, 3.8) is 0 Å². The molecule has 2 amide bonds. The highest BCUT2D eigenvalue weighted by Gasteiger charge is 2.38. The van der Waals surface area contributed by atoms with Gasteiger partial charge >= 0.3 is 6.18 Å². The zero-order valence-corrected chi connectivity index (χ0v) is 28.6. The Labute approximate surface area is 288 Å². The number of aryl methyl sites for hydroxylation is 1. The van der Waals surface area contributed by atoms with Crippen LogP contribution in [0.25, 0.3) is 0 Å². The van der Waals surface area contributed by atoms with E-state index in [1.54, 1.807) is 50.2 Å². The van der Waals surface area contributed by atoms with E-state index in [4.69, 9.17) is 11.6 Å². The summed E-state index contributed by atoms with van der Waals surface area (Å²) in [6, 6.07) is 20.9. The number of alkyl halides is 3. The molecule has 0 aliphatic heterocycles. The minimum absolute atomic E-state index is 0.0207. The average molecular weight is 718 g/mol. The molecule has 0 spiro atoms. The van der Waals surface area contributed by atoms with E-state index in [1.807, 2.05) is 6.92 Å². The molecular formula is C36H36ClF4N3O4S. The number of anilines is 1. The van der Waals surface area contributed by atoms with E-state index >= 15 is 4.39 Å². The van der Waals surface area contributed by atoms with Crippen LogP contribution in [0.1, 0.15) is 42.5 Å².